The average Bonchev–Trinajstić information content (AvgIpc) is 3.71. The summed E-state index contributed by atoms with van der Waals surface area (Å²) < 4.78 is 125. The van der Waals surface area contributed by atoms with Gasteiger partial charge in [-0.15, -0.1) is 0 Å². The van der Waals surface area contributed by atoms with Gasteiger partial charge in [0.15, 0.2) is 31.3 Å². The smallest absolute Gasteiger partial charge is 0.444 e. The Bertz CT molecular complexity index is 1780. The van der Waals surface area contributed by atoms with Gasteiger partial charge in [-0.2, -0.15) is 5.26 Å². The van der Waals surface area contributed by atoms with Gasteiger partial charge in [0.05, 0.1) is 6.07 Å². The van der Waals surface area contributed by atoms with Crippen LogP contribution in [0.5, 0.6) is 0 Å². The standard InChI is InChI=1S/C16H17F3N2O2.C15H18F3NO3.C4H9NSi.C4H10O.BF3/c1-16(2,3)23-15(22)21-8-9(4-11(21)7-20)12-5-10(17)6-13(18)14(12)19;1-15(2,3)22-14(21)19-7-8(4-12(19)20)10-5-9(16)6-11(17)13(10)18;1-6(2,3)4-5;1-3-5-4-2;2-1(3)4/h5-6,9,11H,4,8H2,1-3H3;5-6,8,12,20H,4,7H2,1-3H3;1-3H3;3-4H2,1-2H3;/t9-,11?;8-,12?;;;/m00.../s1. The first-order valence-corrected chi connectivity index (χ1v) is 22.2. The lowest BCUT2D eigenvalue weighted by Gasteiger charge is -2.26. The fourth-order valence-electron chi connectivity index (χ4n) is 5.21. The summed E-state index contributed by atoms with van der Waals surface area (Å²) in [4.78, 5) is 26.3. The minimum atomic E-state index is -3.67. The summed E-state index contributed by atoms with van der Waals surface area (Å²) in [5, 5.41) is 27.3. The Kier molecular flexibility index (Phi) is 22.9. The number of carbonyl (C=O) groups is 2. The lowest BCUT2D eigenvalue weighted by molar-refractivity contribution is -0.0129. The minimum absolute atomic E-state index is 0.0148. The third-order valence-corrected chi connectivity index (χ3v) is 8.31. The van der Waals surface area contributed by atoms with E-state index in [4.69, 9.17) is 19.5 Å². The third-order valence-electron chi connectivity index (χ3n) is 7.64. The molecule has 1 N–H and O–H groups in total. The molecule has 21 heteroatoms. The summed E-state index contributed by atoms with van der Waals surface area (Å²) in [7, 11) is -4.99. The van der Waals surface area contributed by atoms with E-state index in [9.17, 15) is 59.2 Å². The number of rotatable bonds is 4. The molecule has 2 fully saturated rings. The van der Waals surface area contributed by atoms with Crippen molar-refractivity contribution in [2.45, 2.75) is 123 Å². The van der Waals surface area contributed by atoms with Crippen molar-refractivity contribution in [1.29, 1.82) is 10.5 Å². The Labute approximate surface area is 347 Å². The van der Waals surface area contributed by atoms with Crippen LogP contribution in [0.15, 0.2) is 24.3 Å². The van der Waals surface area contributed by atoms with Crippen LogP contribution in [-0.2, 0) is 14.2 Å². The zero-order valence-corrected chi connectivity index (χ0v) is 36.6. The number of amides is 2. The van der Waals surface area contributed by atoms with Crippen molar-refractivity contribution >= 4 is 27.8 Å². The molecule has 336 valence electrons. The quantitative estimate of drug-likeness (QED) is 0.182. The molecule has 2 heterocycles. The number of aliphatic hydroxyl groups excluding tert-OH is 1. The molecule has 0 spiro atoms. The summed E-state index contributed by atoms with van der Waals surface area (Å²) in [5.41, 5.74) is 0.389. The van der Waals surface area contributed by atoms with Crippen molar-refractivity contribution in [1.82, 2.24) is 9.80 Å². The molecule has 0 saturated carbocycles. The molecular formula is C39H54BF9N4O6Si. The van der Waals surface area contributed by atoms with Gasteiger partial charge in [0, 0.05) is 62.4 Å². The molecule has 60 heavy (non-hydrogen) atoms. The van der Waals surface area contributed by atoms with Gasteiger partial charge >= 0.3 is 19.7 Å². The number of likely N-dealkylation sites (tertiary alicyclic amines) is 2. The third kappa shape index (κ3) is 20.7. The van der Waals surface area contributed by atoms with Crippen molar-refractivity contribution < 1.29 is 68.2 Å². The molecule has 0 aromatic heterocycles. The Hall–Kier alpha value is -4.47. The maximum Gasteiger partial charge on any atom is 0.762 e. The van der Waals surface area contributed by atoms with Gasteiger partial charge in [-0.05, 0) is 85.1 Å². The van der Waals surface area contributed by atoms with Crippen LogP contribution in [0.2, 0.25) is 19.6 Å². The molecule has 10 nitrogen and oxygen atoms in total. The van der Waals surface area contributed by atoms with E-state index >= 15 is 0 Å². The fraction of sp³-hybridized carbons (Fsp3) is 0.590. The Morgan fingerprint density at radius 3 is 1.42 bits per heavy atom. The van der Waals surface area contributed by atoms with Gasteiger partial charge in [0.25, 0.3) is 0 Å². The first-order valence-electron chi connectivity index (χ1n) is 18.7. The zero-order valence-electron chi connectivity index (χ0n) is 35.6. The summed E-state index contributed by atoms with van der Waals surface area (Å²) in [5.74, 6) is -8.07. The molecule has 0 radical (unpaired) electrons. The molecule has 2 aromatic rings. The second-order valence-electron chi connectivity index (χ2n) is 16.2. The van der Waals surface area contributed by atoms with Crippen LogP contribution in [0, 0.1) is 57.2 Å². The first kappa shape index (κ1) is 55.5. The maximum absolute atomic E-state index is 13.9. The molecule has 2 aromatic carbocycles. The van der Waals surface area contributed by atoms with Crippen LogP contribution in [0.4, 0.5) is 48.9 Å². The van der Waals surface area contributed by atoms with E-state index < -0.39 is 98.0 Å². The van der Waals surface area contributed by atoms with Crippen molar-refractivity contribution in [3.05, 3.63) is 70.3 Å². The fourth-order valence-corrected chi connectivity index (χ4v) is 5.21. The predicted molar refractivity (Wildman–Crippen MR) is 209 cm³/mol. The number of nitrogens with zero attached hydrogens (tertiary/aromatic N) is 4. The number of aliphatic hydroxyl groups is 1. The van der Waals surface area contributed by atoms with Crippen LogP contribution in [0.3, 0.4) is 0 Å². The first-order chi connectivity index (χ1) is 27.4. The largest absolute Gasteiger partial charge is 0.762 e. The molecular weight excluding hydrogens is 830 g/mol. The van der Waals surface area contributed by atoms with Crippen LogP contribution in [-0.4, -0.2) is 92.5 Å². The normalized spacial score (nSPS) is 18.4. The molecule has 0 aliphatic carbocycles. The molecule has 2 aliphatic rings. The van der Waals surface area contributed by atoms with Crippen LogP contribution >= 0.6 is 0 Å². The number of nitriles is 2. The number of ether oxygens (including phenoxy) is 3. The monoisotopic (exact) mass is 884 g/mol. The molecule has 4 atom stereocenters. The Morgan fingerprint density at radius 2 is 1.10 bits per heavy atom. The van der Waals surface area contributed by atoms with E-state index in [1.165, 1.54) is 0 Å². The average molecular weight is 885 g/mol. The summed E-state index contributed by atoms with van der Waals surface area (Å²) in [6.07, 6.45) is -2.57. The number of hydrogen-bond donors (Lipinski definition) is 1. The maximum atomic E-state index is 13.9. The van der Waals surface area contributed by atoms with Gasteiger partial charge in [0.1, 0.15) is 35.1 Å². The summed E-state index contributed by atoms with van der Waals surface area (Å²) in [6.45, 7) is 21.7. The molecule has 2 aliphatic heterocycles. The van der Waals surface area contributed by atoms with E-state index in [0.717, 1.165) is 35.1 Å². The van der Waals surface area contributed by atoms with Gasteiger partial charge in [0.2, 0.25) is 0 Å². The van der Waals surface area contributed by atoms with Gasteiger partial charge in [-0.1, -0.05) is 19.6 Å². The van der Waals surface area contributed by atoms with Crippen molar-refractivity contribution in [2.24, 2.45) is 0 Å². The zero-order chi connectivity index (χ0) is 46.9. The minimum Gasteiger partial charge on any atom is -0.444 e. The van der Waals surface area contributed by atoms with E-state index in [2.05, 4.69) is 5.69 Å². The molecule has 2 unspecified atom stereocenters. The molecule has 2 amide bonds. The summed E-state index contributed by atoms with van der Waals surface area (Å²) in [6, 6.07) is 3.81. The Balaban J connectivity index is 0.000000869. The number of halogens is 9. The van der Waals surface area contributed by atoms with E-state index in [1.54, 1.807) is 41.5 Å². The van der Waals surface area contributed by atoms with Gasteiger partial charge < -0.3 is 19.3 Å². The highest BCUT2D eigenvalue weighted by atomic mass is 28.3. The number of hydrogen-bond acceptors (Lipinski definition) is 8. The molecule has 0 bridgehead atoms. The van der Waals surface area contributed by atoms with Crippen LogP contribution < -0.4 is 0 Å². The second kappa shape index (κ2) is 24.7. The highest BCUT2D eigenvalue weighted by Crippen LogP contribution is 2.36. The van der Waals surface area contributed by atoms with E-state index in [-0.39, 0.29) is 37.1 Å². The van der Waals surface area contributed by atoms with E-state index in [0.29, 0.717) is 12.1 Å². The van der Waals surface area contributed by atoms with E-state index in [1.807, 2.05) is 39.6 Å². The van der Waals surface area contributed by atoms with Gasteiger partial charge in [-0.3, -0.25) is 22.7 Å². The van der Waals surface area contributed by atoms with Crippen LogP contribution in [0.1, 0.15) is 91.2 Å². The van der Waals surface area contributed by atoms with Crippen molar-refractivity contribution in [2.75, 3.05) is 26.3 Å². The topological polar surface area (TPSA) is 136 Å². The second-order valence-corrected chi connectivity index (χ2v) is 21.0. The SMILES string of the molecule is CC(C)(C)OC(=O)N1C[C@@H](c2cc(F)cc(F)c2F)CC1C#N.CC(C)(C)OC(=O)N1C[C@@H](c2cc(F)cc(F)c2F)CC1O.CCOCC.C[Si](C)(C)C#N.FB(F)F. The number of benzene rings is 2. The predicted octanol–water partition coefficient (Wildman–Crippen LogP) is 10.2. The van der Waals surface area contributed by atoms with Crippen molar-refractivity contribution in [3.63, 3.8) is 0 Å². The Morgan fingerprint density at radius 1 is 0.750 bits per heavy atom. The lowest BCUT2D eigenvalue weighted by atomic mass is 9.96. The lowest BCUT2D eigenvalue weighted by Crippen LogP contribution is -2.39. The van der Waals surface area contributed by atoms with Crippen molar-refractivity contribution in [3.8, 4) is 11.8 Å². The molecule has 4 rings (SSSR count). The summed E-state index contributed by atoms with van der Waals surface area (Å²) >= 11 is 0. The number of carbonyl (C=O) groups excluding carboxylic acids is 2. The molecule has 2 saturated heterocycles. The van der Waals surface area contributed by atoms with Crippen LogP contribution in [0.25, 0.3) is 0 Å². The highest BCUT2D eigenvalue weighted by molar-refractivity contribution is 6.83. The van der Waals surface area contributed by atoms with Gasteiger partial charge in [-0.25, -0.2) is 41.2 Å². The highest BCUT2D eigenvalue weighted by Gasteiger charge is 2.40.